The van der Waals surface area contributed by atoms with Gasteiger partial charge in [0.15, 0.2) is 0 Å². The van der Waals surface area contributed by atoms with Gasteiger partial charge in [-0.3, -0.25) is 4.79 Å². The zero-order valence-corrected chi connectivity index (χ0v) is 19.4. The normalized spacial score (nSPS) is 19.1. The van der Waals surface area contributed by atoms with E-state index in [0.29, 0.717) is 27.8 Å². The van der Waals surface area contributed by atoms with E-state index in [1.54, 1.807) is 30.3 Å². The third-order valence-electron chi connectivity index (χ3n) is 5.88. The monoisotopic (exact) mass is 461 g/mol. The number of nitriles is 1. The van der Waals surface area contributed by atoms with E-state index in [9.17, 15) is 10.1 Å². The molecule has 0 aromatic heterocycles. The van der Waals surface area contributed by atoms with Crippen molar-refractivity contribution in [2.45, 2.75) is 33.0 Å². The number of carbonyl (C=O) groups is 1. The first-order valence-corrected chi connectivity index (χ1v) is 11.0. The topological polar surface area (TPSA) is 68.5 Å². The summed E-state index contributed by atoms with van der Waals surface area (Å²) in [5.41, 5.74) is 0.994. The van der Waals surface area contributed by atoms with Crippen LogP contribution in [-0.4, -0.2) is 12.1 Å². The Morgan fingerprint density at radius 3 is 2.45 bits per heavy atom. The second-order valence-corrected chi connectivity index (χ2v) is 9.04. The lowest BCUT2D eigenvalue weighted by atomic mass is 10.1. The smallest absolute Gasteiger partial charge is 0.315 e. The largest absolute Gasteiger partial charge is 0.487 e. The molecule has 0 amide bonds. The van der Waals surface area contributed by atoms with Gasteiger partial charge in [0.2, 0.25) is 6.10 Å². The molecule has 0 spiro atoms. The van der Waals surface area contributed by atoms with Crippen molar-refractivity contribution in [3.05, 3.63) is 88.9 Å². The summed E-state index contributed by atoms with van der Waals surface area (Å²) < 4.78 is 17.5. The number of esters is 1. The second-order valence-electron chi connectivity index (χ2n) is 8.66. The van der Waals surface area contributed by atoms with Crippen LogP contribution in [0.2, 0.25) is 5.02 Å². The number of halogens is 1. The fourth-order valence-electron chi connectivity index (χ4n) is 3.81. The highest BCUT2D eigenvalue weighted by Crippen LogP contribution is 2.55. The van der Waals surface area contributed by atoms with Crippen LogP contribution < -0.4 is 9.47 Å². The number of benzene rings is 3. The zero-order valence-electron chi connectivity index (χ0n) is 18.6. The highest BCUT2D eigenvalue weighted by atomic mass is 35.5. The Balaban J connectivity index is 1.45. The molecule has 1 aliphatic carbocycles. The third kappa shape index (κ3) is 4.81. The molecule has 1 fully saturated rings. The molecule has 1 saturated carbocycles. The lowest BCUT2D eigenvalue weighted by molar-refractivity contribution is -0.149. The van der Waals surface area contributed by atoms with Crippen LogP contribution in [0.25, 0.3) is 0 Å². The lowest BCUT2D eigenvalue weighted by Gasteiger charge is -2.13. The van der Waals surface area contributed by atoms with Gasteiger partial charge in [0, 0.05) is 11.0 Å². The standard InChI is InChI=1S/C27H24ClNO4/c1-17-9-7-14-21(24(17)28)32-25-23(27(25,2)3)26(30)33-22(16-29)18-10-8-13-20(15-18)31-19-11-5-4-6-12-19/h4-15,22-23,25H,1-3H3. The Labute approximate surface area is 198 Å². The molecule has 4 rings (SSSR count). The average molecular weight is 462 g/mol. The minimum Gasteiger partial charge on any atom is -0.487 e. The number of rotatable bonds is 7. The lowest BCUT2D eigenvalue weighted by Crippen LogP contribution is -2.16. The average Bonchev–Trinajstić information content (AvgIpc) is 3.35. The van der Waals surface area contributed by atoms with Crippen LogP contribution in [0.3, 0.4) is 0 Å². The molecule has 3 unspecified atom stereocenters. The summed E-state index contributed by atoms with van der Waals surface area (Å²) in [6.07, 6.45) is -1.45. The van der Waals surface area contributed by atoms with Gasteiger partial charge in [-0.15, -0.1) is 0 Å². The Bertz CT molecular complexity index is 1200. The van der Waals surface area contributed by atoms with Gasteiger partial charge in [0.1, 0.15) is 35.3 Å². The molecule has 0 heterocycles. The molecule has 0 saturated heterocycles. The summed E-state index contributed by atoms with van der Waals surface area (Å²) in [6.45, 7) is 5.76. The molecule has 168 valence electrons. The van der Waals surface area contributed by atoms with E-state index in [0.717, 1.165) is 5.56 Å². The summed E-state index contributed by atoms with van der Waals surface area (Å²) in [5.74, 6) is 0.780. The maximum atomic E-state index is 13.0. The molecule has 3 aromatic carbocycles. The van der Waals surface area contributed by atoms with Crippen LogP contribution in [0.15, 0.2) is 72.8 Å². The van der Waals surface area contributed by atoms with Crippen LogP contribution in [0.1, 0.15) is 31.1 Å². The summed E-state index contributed by atoms with van der Waals surface area (Å²) in [7, 11) is 0. The van der Waals surface area contributed by atoms with Crippen molar-refractivity contribution in [3.8, 4) is 23.3 Å². The first kappa shape index (κ1) is 22.7. The van der Waals surface area contributed by atoms with E-state index in [2.05, 4.69) is 6.07 Å². The molecule has 0 radical (unpaired) electrons. The van der Waals surface area contributed by atoms with Gasteiger partial charge in [0.25, 0.3) is 0 Å². The van der Waals surface area contributed by atoms with Gasteiger partial charge in [-0.1, -0.05) is 67.9 Å². The van der Waals surface area contributed by atoms with Gasteiger partial charge in [-0.2, -0.15) is 5.26 Å². The number of para-hydroxylation sites is 1. The molecule has 3 atom stereocenters. The molecule has 5 nitrogen and oxygen atoms in total. The van der Waals surface area contributed by atoms with Crippen LogP contribution in [-0.2, 0) is 9.53 Å². The fourth-order valence-corrected chi connectivity index (χ4v) is 3.98. The van der Waals surface area contributed by atoms with Gasteiger partial charge in [0.05, 0.1) is 5.02 Å². The number of ether oxygens (including phenoxy) is 3. The first-order chi connectivity index (χ1) is 15.8. The predicted octanol–water partition coefficient (Wildman–Crippen LogP) is 6.65. The summed E-state index contributed by atoms with van der Waals surface area (Å²) in [4.78, 5) is 13.0. The van der Waals surface area contributed by atoms with Crippen molar-refractivity contribution < 1.29 is 19.0 Å². The van der Waals surface area contributed by atoms with Gasteiger partial charge in [-0.05, 0) is 42.8 Å². The molecule has 33 heavy (non-hydrogen) atoms. The Morgan fingerprint density at radius 1 is 1.03 bits per heavy atom. The summed E-state index contributed by atoms with van der Waals surface area (Å²) >= 11 is 6.35. The van der Waals surface area contributed by atoms with Crippen molar-refractivity contribution in [2.24, 2.45) is 11.3 Å². The third-order valence-corrected chi connectivity index (χ3v) is 6.37. The van der Waals surface area contributed by atoms with Crippen molar-refractivity contribution in [3.63, 3.8) is 0 Å². The summed E-state index contributed by atoms with van der Waals surface area (Å²) in [6, 6.07) is 23.9. The van der Waals surface area contributed by atoms with E-state index in [1.807, 2.05) is 63.2 Å². The van der Waals surface area contributed by atoms with E-state index in [4.69, 9.17) is 25.8 Å². The summed E-state index contributed by atoms with van der Waals surface area (Å²) in [5, 5.41) is 10.2. The van der Waals surface area contributed by atoms with Crippen LogP contribution in [0, 0.1) is 29.6 Å². The number of aryl methyl sites for hydroxylation is 1. The number of hydrogen-bond donors (Lipinski definition) is 0. The molecule has 0 bridgehead atoms. The molecule has 0 N–H and O–H groups in total. The quantitative estimate of drug-likeness (QED) is 0.368. The Morgan fingerprint density at radius 2 is 1.73 bits per heavy atom. The van der Waals surface area contributed by atoms with Gasteiger partial charge in [-0.25, -0.2) is 0 Å². The minimum atomic E-state index is -1.06. The van der Waals surface area contributed by atoms with Crippen LogP contribution in [0.4, 0.5) is 0 Å². The van der Waals surface area contributed by atoms with E-state index < -0.39 is 29.5 Å². The zero-order chi connectivity index (χ0) is 23.6. The number of nitrogens with zero attached hydrogens (tertiary/aromatic N) is 1. The van der Waals surface area contributed by atoms with Crippen molar-refractivity contribution in [1.82, 2.24) is 0 Å². The first-order valence-electron chi connectivity index (χ1n) is 10.7. The highest BCUT2D eigenvalue weighted by Gasteiger charge is 2.65. The predicted molar refractivity (Wildman–Crippen MR) is 125 cm³/mol. The van der Waals surface area contributed by atoms with E-state index in [1.165, 1.54) is 0 Å². The maximum absolute atomic E-state index is 13.0. The second kappa shape index (κ2) is 9.17. The number of carbonyl (C=O) groups excluding carboxylic acids is 1. The molecule has 0 aliphatic heterocycles. The van der Waals surface area contributed by atoms with Gasteiger partial charge < -0.3 is 14.2 Å². The van der Waals surface area contributed by atoms with Crippen LogP contribution in [0.5, 0.6) is 17.2 Å². The van der Waals surface area contributed by atoms with Gasteiger partial charge >= 0.3 is 5.97 Å². The van der Waals surface area contributed by atoms with Crippen LogP contribution >= 0.6 is 11.6 Å². The SMILES string of the molecule is Cc1cccc(OC2C(C(=O)OC(C#N)c3cccc(Oc4ccccc4)c3)C2(C)C)c1Cl. The number of hydrogen-bond acceptors (Lipinski definition) is 5. The molecular weight excluding hydrogens is 438 g/mol. The maximum Gasteiger partial charge on any atom is 0.315 e. The minimum absolute atomic E-state index is 0.392. The van der Waals surface area contributed by atoms with Crippen molar-refractivity contribution >= 4 is 17.6 Å². The Kier molecular flexibility index (Phi) is 6.31. The van der Waals surface area contributed by atoms with E-state index >= 15 is 0 Å². The highest BCUT2D eigenvalue weighted by molar-refractivity contribution is 6.32. The molecular formula is C27H24ClNO4. The Hall–Kier alpha value is -3.49. The fraction of sp³-hybridized carbons (Fsp3) is 0.259. The molecule has 3 aromatic rings. The van der Waals surface area contributed by atoms with E-state index in [-0.39, 0.29) is 0 Å². The molecule has 1 aliphatic rings. The molecule has 6 heteroatoms. The van der Waals surface area contributed by atoms with Crippen molar-refractivity contribution in [2.75, 3.05) is 0 Å². The van der Waals surface area contributed by atoms with Crippen molar-refractivity contribution in [1.29, 1.82) is 5.26 Å².